The van der Waals surface area contributed by atoms with Crippen LogP contribution in [0, 0.1) is 5.41 Å². The van der Waals surface area contributed by atoms with Crippen LogP contribution in [-0.2, 0) is 14.3 Å². The number of carbonyl (C=O) groups is 2. The standard InChI is InChI=1S/C20H26F2N4O4S.C6H4Cl2/c1-4-30-18(29)12-9-24-16(17-23-7-8-31-17)25-13(12)10-26-11-20(21,22)19(2,3)14(26)5-6-15(27)28;7-5-2-1-3-6(8)4-5/h7-8,14H,4-6,9-11H2,1-3H3,(H,24,25)(H,27,28);1-4H. The molecule has 4 rings (SSSR count). The summed E-state index contributed by atoms with van der Waals surface area (Å²) in [6.45, 7) is 4.30. The monoisotopic (exact) mass is 602 g/mol. The Balaban J connectivity index is 0.000000449. The fourth-order valence-corrected chi connectivity index (χ4v) is 5.45. The highest BCUT2D eigenvalue weighted by atomic mass is 35.5. The van der Waals surface area contributed by atoms with Crippen LogP contribution in [0.2, 0.25) is 10.0 Å². The Hall–Kier alpha value is -2.60. The van der Waals surface area contributed by atoms with E-state index in [0.29, 0.717) is 26.6 Å². The predicted molar refractivity (Wildman–Crippen MR) is 148 cm³/mol. The minimum Gasteiger partial charge on any atom is -0.481 e. The van der Waals surface area contributed by atoms with E-state index in [-0.39, 0.29) is 38.1 Å². The summed E-state index contributed by atoms with van der Waals surface area (Å²) in [5.41, 5.74) is -0.729. The van der Waals surface area contributed by atoms with Crippen molar-refractivity contribution in [2.75, 3.05) is 26.2 Å². The molecule has 2 aliphatic rings. The molecule has 39 heavy (non-hydrogen) atoms. The van der Waals surface area contributed by atoms with Gasteiger partial charge < -0.3 is 15.2 Å². The summed E-state index contributed by atoms with van der Waals surface area (Å²) < 4.78 is 34.8. The number of likely N-dealkylation sites (tertiary alicyclic amines) is 1. The van der Waals surface area contributed by atoms with Gasteiger partial charge in [0.05, 0.1) is 25.3 Å². The molecule has 0 bridgehead atoms. The quantitative estimate of drug-likeness (QED) is 0.384. The highest BCUT2D eigenvalue weighted by molar-refractivity contribution is 7.11. The number of carbonyl (C=O) groups excluding carboxylic acids is 1. The smallest absolute Gasteiger partial charge is 0.337 e. The number of nitrogens with one attached hydrogen (secondary N) is 1. The molecule has 8 nitrogen and oxygen atoms in total. The first-order valence-corrected chi connectivity index (χ1v) is 13.8. The van der Waals surface area contributed by atoms with Gasteiger partial charge >= 0.3 is 11.9 Å². The van der Waals surface area contributed by atoms with Crippen LogP contribution in [-0.4, -0.2) is 71.0 Å². The maximum atomic E-state index is 14.8. The number of hydrogen-bond donors (Lipinski definition) is 2. The molecule has 1 aromatic carbocycles. The van der Waals surface area contributed by atoms with Crippen molar-refractivity contribution in [1.82, 2.24) is 15.2 Å². The van der Waals surface area contributed by atoms with Crippen LogP contribution in [0.25, 0.3) is 0 Å². The fourth-order valence-electron chi connectivity index (χ4n) is 4.42. The molecule has 212 valence electrons. The molecule has 1 unspecified atom stereocenters. The number of amidine groups is 1. The third-order valence-corrected chi connectivity index (χ3v) is 7.83. The number of halogens is 4. The summed E-state index contributed by atoms with van der Waals surface area (Å²) >= 11 is 12.5. The van der Waals surface area contributed by atoms with Gasteiger partial charge in [0.15, 0.2) is 10.8 Å². The Bertz CT molecular complexity index is 1220. The molecule has 0 spiro atoms. The molecular weight excluding hydrogens is 573 g/mol. The average Bonchev–Trinajstić information content (AvgIpc) is 3.44. The van der Waals surface area contributed by atoms with Crippen LogP contribution in [0.5, 0.6) is 0 Å². The van der Waals surface area contributed by atoms with E-state index in [1.165, 1.54) is 25.2 Å². The first kappa shape index (κ1) is 30.9. The Kier molecular flexibility index (Phi) is 10.4. The Morgan fingerprint density at radius 2 is 1.97 bits per heavy atom. The van der Waals surface area contributed by atoms with E-state index < -0.39 is 35.9 Å². The summed E-state index contributed by atoms with van der Waals surface area (Å²) in [5, 5.41) is 15.9. The Labute approximate surface area is 239 Å². The normalized spacial score (nSPS) is 20.0. The molecule has 0 amide bonds. The molecule has 1 saturated heterocycles. The van der Waals surface area contributed by atoms with Gasteiger partial charge in [0, 0.05) is 51.7 Å². The van der Waals surface area contributed by atoms with Gasteiger partial charge in [-0.1, -0.05) is 43.1 Å². The van der Waals surface area contributed by atoms with Crippen molar-refractivity contribution in [3.05, 3.63) is 62.2 Å². The number of carboxylic acids is 1. The van der Waals surface area contributed by atoms with Crippen molar-refractivity contribution in [3.8, 4) is 0 Å². The molecule has 1 aromatic heterocycles. The van der Waals surface area contributed by atoms with Crippen LogP contribution in [0.15, 0.2) is 52.1 Å². The molecule has 13 heteroatoms. The van der Waals surface area contributed by atoms with E-state index in [9.17, 15) is 18.4 Å². The summed E-state index contributed by atoms with van der Waals surface area (Å²) in [6.07, 6.45) is 1.48. The van der Waals surface area contributed by atoms with Crippen LogP contribution in [0.3, 0.4) is 0 Å². The number of hydrogen-bond acceptors (Lipinski definition) is 8. The zero-order valence-electron chi connectivity index (χ0n) is 21.7. The van der Waals surface area contributed by atoms with Crippen molar-refractivity contribution in [1.29, 1.82) is 0 Å². The van der Waals surface area contributed by atoms with Gasteiger partial charge in [0.25, 0.3) is 5.92 Å². The lowest BCUT2D eigenvalue weighted by molar-refractivity contribution is -0.139. The van der Waals surface area contributed by atoms with E-state index in [4.69, 9.17) is 33.0 Å². The highest BCUT2D eigenvalue weighted by Gasteiger charge is 2.60. The van der Waals surface area contributed by atoms with Crippen molar-refractivity contribution in [3.63, 3.8) is 0 Å². The number of aliphatic carboxylic acids is 1. The van der Waals surface area contributed by atoms with Gasteiger partial charge in [0.2, 0.25) is 0 Å². The zero-order valence-corrected chi connectivity index (χ0v) is 24.0. The van der Waals surface area contributed by atoms with Crippen molar-refractivity contribution in [2.45, 2.75) is 45.6 Å². The van der Waals surface area contributed by atoms with Gasteiger partial charge in [-0.15, -0.1) is 11.3 Å². The van der Waals surface area contributed by atoms with Gasteiger partial charge in [-0.05, 0) is 31.5 Å². The van der Waals surface area contributed by atoms with Gasteiger partial charge in [-0.2, -0.15) is 0 Å². The van der Waals surface area contributed by atoms with Crippen molar-refractivity contribution >= 4 is 52.3 Å². The molecule has 2 N–H and O–H groups in total. The van der Waals surface area contributed by atoms with E-state index in [2.05, 4.69) is 15.3 Å². The molecule has 0 radical (unpaired) electrons. The number of ether oxygens (including phenoxy) is 1. The van der Waals surface area contributed by atoms with Crippen molar-refractivity contribution in [2.24, 2.45) is 10.4 Å². The largest absolute Gasteiger partial charge is 0.481 e. The second-order valence-electron chi connectivity index (χ2n) is 9.52. The minimum absolute atomic E-state index is 0.0157. The number of thiazole rings is 1. The number of rotatable bonds is 8. The van der Waals surface area contributed by atoms with Crippen LogP contribution in [0.1, 0.15) is 38.6 Å². The van der Waals surface area contributed by atoms with E-state index in [0.717, 1.165) is 0 Å². The minimum atomic E-state index is -3.01. The van der Waals surface area contributed by atoms with E-state index >= 15 is 0 Å². The molecular formula is C26H30Cl2F2N4O4S. The van der Waals surface area contributed by atoms with Crippen molar-refractivity contribution < 1.29 is 28.2 Å². The maximum absolute atomic E-state index is 14.8. The molecule has 3 heterocycles. The fraction of sp³-hybridized carbons (Fsp3) is 0.462. The van der Waals surface area contributed by atoms with Gasteiger partial charge in [0.1, 0.15) is 0 Å². The third kappa shape index (κ3) is 7.75. The van der Waals surface area contributed by atoms with Gasteiger partial charge in [-0.25, -0.2) is 18.6 Å². The number of aliphatic imine (C=N–C) groups is 1. The molecule has 1 atom stereocenters. The number of carboxylic acid groups (broad SMARTS) is 1. The molecule has 0 aliphatic carbocycles. The lowest BCUT2D eigenvalue weighted by Gasteiger charge is -2.34. The lowest BCUT2D eigenvalue weighted by atomic mass is 9.80. The van der Waals surface area contributed by atoms with E-state index in [1.54, 1.807) is 41.6 Å². The topological polar surface area (TPSA) is 104 Å². The highest BCUT2D eigenvalue weighted by Crippen LogP contribution is 2.49. The molecule has 2 aromatic rings. The summed E-state index contributed by atoms with van der Waals surface area (Å²) in [6, 6.07) is 6.40. The van der Waals surface area contributed by atoms with E-state index in [1.807, 2.05) is 6.07 Å². The number of aromatic nitrogens is 1. The third-order valence-electron chi connectivity index (χ3n) is 6.58. The number of esters is 1. The predicted octanol–water partition coefficient (Wildman–Crippen LogP) is 5.51. The van der Waals surface area contributed by atoms with Gasteiger partial charge in [-0.3, -0.25) is 14.7 Å². The second kappa shape index (κ2) is 13.2. The summed E-state index contributed by atoms with van der Waals surface area (Å²) in [5.74, 6) is -4.14. The van der Waals surface area contributed by atoms with Crippen LogP contribution in [0.4, 0.5) is 8.78 Å². The average molecular weight is 604 g/mol. The first-order chi connectivity index (χ1) is 18.4. The Morgan fingerprint density at radius 3 is 2.51 bits per heavy atom. The van der Waals surface area contributed by atoms with Crippen LogP contribution >= 0.6 is 34.5 Å². The molecule has 0 saturated carbocycles. The van der Waals surface area contributed by atoms with Crippen LogP contribution < -0.4 is 5.32 Å². The molecule has 2 aliphatic heterocycles. The summed E-state index contributed by atoms with van der Waals surface area (Å²) in [4.78, 5) is 33.7. The maximum Gasteiger partial charge on any atom is 0.337 e. The number of alkyl halides is 2. The SMILES string of the molecule is CCOC(=O)C1=C(CN2CC(F)(F)C(C)(C)C2CCC(=O)O)NC(c2nccs2)=NC1.Clc1cccc(Cl)c1. The zero-order chi connectivity index (χ0) is 28.8. The number of benzene rings is 1. The molecule has 1 fully saturated rings. The summed E-state index contributed by atoms with van der Waals surface area (Å²) in [7, 11) is 0. The lowest BCUT2D eigenvalue weighted by Crippen LogP contribution is -2.43. The number of nitrogens with zero attached hydrogens (tertiary/aromatic N) is 3. The second-order valence-corrected chi connectivity index (χ2v) is 11.3. The first-order valence-electron chi connectivity index (χ1n) is 12.2. The Morgan fingerprint density at radius 1 is 1.28 bits per heavy atom.